The molecule has 0 radical (unpaired) electrons. The number of amides is 3. The third kappa shape index (κ3) is 2.48. The fourth-order valence-electron chi connectivity index (χ4n) is 1.88. The van der Waals surface area contributed by atoms with Gasteiger partial charge in [0.2, 0.25) is 5.91 Å². The van der Waals surface area contributed by atoms with Crippen molar-refractivity contribution in [2.24, 2.45) is 0 Å². The molecule has 1 aromatic rings. The quantitative estimate of drug-likeness (QED) is 0.766. The third-order valence-electron chi connectivity index (χ3n) is 2.73. The molecule has 0 aromatic heterocycles. The number of likely N-dealkylation sites (tertiary alicyclic amines) is 1. The predicted octanol–water partition coefficient (Wildman–Crippen LogP) is 0.582. The summed E-state index contributed by atoms with van der Waals surface area (Å²) in [4.78, 5) is 35.0. The minimum absolute atomic E-state index is 0.113. The van der Waals surface area contributed by atoms with Gasteiger partial charge in [-0.05, 0) is 5.56 Å². The first kappa shape index (κ1) is 12.1. The van der Waals surface area contributed by atoms with Crippen molar-refractivity contribution in [1.82, 2.24) is 10.2 Å². The predicted molar refractivity (Wildman–Crippen MR) is 61.6 cm³/mol. The van der Waals surface area contributed by atoms with Crippen LogP contribution < -0.4 is 5.32 Å². The number of carbonyl (C=O) groups excluding carboxylic acids is 2. The molecule has 0 spiro atoms. The zero-order valence-corrected chi connectivity index (χ0v) is 9.50. The highest BCUT2D eigenvalue weighted by atomic mass is 16.4. The molecule has 0 unspecified atom stereocenters. The second kappa shape index (κ2) is 4.87. The Balaban J connectivity index is 2.08. The van der Waals surface area contributed by atoms with E-state index in [4.69, 9.17) is 5.11 Å². The minimum Gasteiger partial charge on any atom is -0.465 e. The van der Waals surface area contributed by atoms with E-state index in [1.165, 1.54) is 0 Å². The second-order valence-electron chi connectivity index (χ2n) is 4.01. The van der Waals surface area contributed by atoms with Crippen molar-refractivity contribution in [2.45, 2.75) is 19.0 Å². The van der Waals surface area contributed by atoms with Crippen molar-refractivity contribution in [3.8, 4) is 0 Å². The Morgan fingerprint density at radius 2 is 2.00 bits per heavy atom. The average Bonchev–Trinajstić information content (AvgIpc) is 2.58. The molecule has 1 fully saturated rings. The molecule has 1 aliphatic rings. The van der Waals surface area contributed by atoms with Gasteiger partial charge < -0.3 is 10.4 Å². The number of imide groups is 1. The van der Waals surface area contributed by atoms with E-state index in [1.54, 1.807) is 12.1 Å². The molecule has 1 aliphatic heterocycles. The van der Waals surface area contributed by atoms with Crippen molar-refractivity contribution in [1.29, 1.82) is 0 Å². The Labute approximate surface area is 103 Å². The second-order valence-corrected chi connectivity index (χ2v) is 4.01. The van der Waals surface area contributed by atoms with E-state index in [0.717, 1.165) is 10.5 Å². The minimum atomic E-state index is -1.30. The lowest BCUT2D eigenvalue weighted by molar-refractivity contribution is -0.139. The normalized spacial score (nSPS) is 19.1. The summed E-state index contributed by atoms with van der Waals surface area (Å²) < 4.78 is 0. The number of carbonyl (C=O) groups is 3. The Kier molecular flexibility index (Phi) is 3.27. The molecule has 94 valence electrons. The van der Waals surface area contributed by atoms with Crippen LogP contribution in [0.5, 0.6) is 0 Å². The Bertz CT molecular complexity index is 486. The molecule has 0 saturated carbocycles. The summed E-state index contributed by atoms with van der Waals surface area (Å²) in [6.45, 7) is 0.177. The molecule has 1 saturated heterocycles. The van der Waals surface area contributed by atoms with Gasteiger partial charge in [0.1, 0.15) is 6.04 Å². The molecule has 1 atom stereocenters. The van der Waals surface area contributed by atoms with E-state index < -0.39 is 18.0 Å². The molecule has 1 heterocycles. The highest BCUT2D eigenvalue weighted by Crippen LogP contribution is 2.16. The molecule has 2 rings (SSSR count). The highest BCUT2D eigenvalue weighted by molar-refractivity contribution is 6.06. The molecular formula is C12H12N2O4. The number of nitrogens with one attached hydrogen (secondary N) is 1. The summed E-state index contributed by atoms with van der Waals surface area (Å²) in [6.07, 6.45) is -1.42. The third-order valence-corrected chi connectivity index (χ3v) is 2.73. The van der Waals surface area contributed by atoms with Crippen LogP contribution >= 0.6 is 0 Å². The van der Waals surface area contributed by atoms with Crippen molar-refractivity contribution in [2.75, 3.05) is 0 Å². The number of nitrogens with zero attached hydrogens (tertiary/aromatic N) is 1. The molecule has 0 aliphatic carbocycles. The zero-order valence-electron chi connectivity index (χ0n) is 9.50. The first-order chi connectivity index (χ1) is 8.58. The summed E-state index contributed by atoms with van der Waals surface area (Å²) in [5.74, 6) is -0.853. The van der Waals surface area contributed by atoms with Crippen LogP contribution in [-0.4, -0.2) is 34.0 Å². The SMILES string of the molecule is O=C(O)N[C@@H]1CC(=O)N(Cc2ccccc2)C1=O. The standard InChI is InChI=1S/C12H12N2O4/c15-10-6-9(13-12(17)18)11(16)14(10)7-8-4-2-1-3-5-8/h1-5,9,13H,6-7H2,(H,17,18)/t9-/m1/s1. The summed E-state index contributed by atoms with van der Waals surface area (Å²) in [5.41, 5.74) is 0.829. The number of rotatable bonds is 3. The molecular weight excluding hydrogens is 236 g/mol. The summed E-state index contributed by atoms with van der Waals surface area (Å²) in [6, 6.07) is 8.11. The van der Waals surface area contributed by atoms with Gasteiger partial charge in [-0.2, -0.15) is 0 Å². The number of carboxylic acid groups (broad SMARTS) is 1. The summed E-state index contributed by atoms with van der Waals surface area (Å²) in [5, 5.41) is 10.6. The van der Waals surface area contributed by atoms with Crippen molar-refractivity contribution in [3.63, 3.8) is 0 Å². The van der Waals surface area contributed by atoms with Crippen LogP contribution in [0, 0.1) is 0 Å². The Morgan fingerprint density at radius 3 is 2.61 bits per heavy atom. The molecule has 6 nitrogen and oxygen atoms in total. The largest absolute Gasteiger partial charge is 0.465 e. The van der Waals surface area contributed by atoms with Gasteiger partial charge in [0, 0.05) is 0 Å². The van der Waals surface area contributed by atoms with E-state index in [1.807, 2.05) is 23.5 Å². The lowest BCUT2D eigenvalue weighted by Crippen LogP contribution is -2.40. The monoisotopic (exact) mass is 248 g/mol. The molecule has 2 N–H and O–H groups in total. The van der Waals surface area contributed by atoms with Crippen molar-refractivity contribution in [3.05, 3.63) is 35.9 Å². The van der Waals surface area contributed by atoms with Gasteiger partial charge in [-0.15, -0.1) is 0 Å². The Hall–Kier alpha value is -2.37. The van der Waals surface area contributed by atoms with Gasteiger partial charge in [0.25, 0.3) is 5.91 Å². The lowest BCUT2D eigenvalue weighted by atomic mass is 10.2. The van der Waals surface area contributed by atoms with Gasteiger partial charge in [-0.3, -0.25) is 14.5 Å². The van der Waals surface area contributed by atoms with Crippen LogP contribution in [0.25, 0.3) is 0 Å². The van der Waals surface area contributed by atoms with Gasteiger partial charge >= 0.3 is 6.09 Å². The fourth-order valence-corrected chi connectivity index (χ4v) is 1.88. The van der Waals surface area contributed by atoms with Gasteiger partial charge in [-0.25, -0.2) is 4.79 Å². The maximum Gasteiger partial charge on any atom is 0.405 e. The molecule has 1 aromatic carbocycles. The lowest BCUT2D eigenvalue weighted by Gasteiger charge is -2.14. The number of benzene rings is 1. The van der Waals surface area contributed by atoms with E-state index >= 15 is 0 Å². The Morgan fingerprint density at radius 1 is 1.33 bits per heavy atom. The van der Waals surface area contributed by atoms with E-state index in [9.17, 15) is 14.4 Å². The van der Waals surface area contributed by atoms with Crippen LogP contribution in [0.4, 0.5) is 4.79 Å². The first-order valence-corrected chi connectivity index (χ1v) is 5.45. The van der Waals surface area contributed by atoms with Crippen LogP contribution in [0.3, 0.4) is 0 Å². The molecule has 0 bridgehead atoms. The number of hydrogen-bond donors (Lipinski definition) is 2. The fraction of sp³-hybridized carbons (Fsp3) is 0.250. The maximum absolute atomic E-state index is 11.8. The summed E-state index contributed by atoms with van der Waals surface area (Å²) >= 11 is 0. The maximum atomic E-state index is 11.8. The van der Waals surface area contributed by atoms with Gasteiger partial charge in [-0.1, -0.05) is 30.3 Å². The molecule has 3 amide bonds. The summed E-state index contributed by atoms with van der Waals surface area (Å²) in [7, 11) is 0. The average molecular weight is 248 g/mol. The topological polar surface area (TPSA) is 86.7 Å². The number of hydrogen-bond acceptors (Lipinski definition) is 3. The first-order valence-electron chi connectivity index (χ1n) is 5.45. The van der Waals surface area contributed by atoms with Crippen molar-refractivity contribution >= 4 is 17.9 Å². The molecule has 18 heavy (non-hydrogen) atoms. The van der Waals surface area contributed by atoms with Crippen LogP contribution in [0.2, 0.25) is 0 Å². The van der Waals surface area contributed by atoms with Gasteiger partial charge in [0.05, 0.1) is 13.0 Å². The van der Waals surface area contributed by atoms with Crippen LogP contribution in [-0.2, 0) is 16.1 Å². The van der Waals surface area contributed by atoms with Crippen LogP contribution in [0.15, 0.2) is 30.3 Å². The van der Waals surface area contributed by atoms with E-state index in [0.29, 0.717) is 0 Å². The molecule has 6 heteroatoms. The van der Waals surface area contributed by atoms with E-state index in [-0.39, 0.29) is 18.9 Å². The smallest absolute Gasteiger partial charge is 0.405 e. The van der Waals surface area contributed by atoms with Gasteiger partial charge in [0.15, 0.2) is 0 Å². The highest BCUT2D eigenvalue weighted by Gasteiger charge is 2.39. The van der Waals surface area contributed by atoms with Crippen LogP contribution in [0.1, 0.15) is 12.0 Å². The zero-order chi connectivity index (χ0) is 13.1. The van der Waals surface area contributed by atoms with Crippen molar-refractivity contribution < 1.29 is 19.5 Å². The van der Waals surface area contributed by atoms with E-state index in [2.05, 4.69) is 0 Å².